The Hall–Kier alpha value is -0.650. The minimum absolute atomic E-state index is 0.753. The molecule has 0 spiro atoms. The highest BCUT2D eigenvalue weighted by atomic mass is 79.9. The molecule has 3 nitrogen and oxygen atoms in total. The fraction of sp³-hybridized carbons (Fsp3) is 0.308. The zero-order valence-electron chi connectivity index (χ0n) is 10.8. The van der Waals surface area contributed by atoms with Gasteiger partial charge in [0.05, 0.1) is 16.4 Å². The zero-order chi connectivity index (χ0) is 14.0. The number of aryl methyl sites for hydroxylation is 2. The van der Waals surface area contributed by atoms with Crippen LogP contribution in [0.5, 0.6) is 0 Å². The number of hydrogen-bond acceptors (Lipinski definition) is 3. The lowest BCUT2D eigenvalue weighted by Crippen LogP contribution is -1.97. The number of anilines is 1. The van der Waals surface area contributed by atoms with Crippen LogP contribution in [0.3, 0.4) is 0 Å². The summed E-state index contributed by atoms with van der Waals surface area (Å²) in [5.41, 5.74) is 8.49. The quantitative estimate of drug-likeness (QED) is 0.654. The number of nitrogen functional groups attached to an aromatic ring is 1. The molecular weight excluding hydrogens is 346 g/mol. The Morgan fingerprint density at radius 1 is 1.47 bits per heavy atom. The van der Waals surface area contributed by atoms with Crippen LogP contribution in [0.25, 0.3) is 0 Å². The average molecular weight is 361 g/mol. The van der Waals surface area contributed by atoms with Crippen LogP contribution in [0.15, 0.2) is 27.6 Å². The number of hydrogen-bond donors (Lipinski definition) is 1. The van der Waals surface area contributed by atoms with Crippen molar-refractivity contribution >= 4 is 45.0 Å². The summed E-state index contributed by atoms with van der Waals surface area (Å²) in [7, 11) is 1.93. The number of aromatic nitrogens is 2. The van der Waals surface area contributed by atoms with E-state index in [4.69, 9.17) is 17.3 Å². The Kier molecular flexibility index (Phi) is 4.81. The molecule has 0 radical (unpaired) electrons. The molecule has 1 heterocycles. The van der Waals surface area contributed by atoms with Gasteiger partial charge in [-0.2, -0.15) is 5.10 Å². The van der Waals surface area contributed by atoms with E-state index in [-0.39, 0.29) is 0 Å². The first kappa shape index (κ1) is 14.8. The molecule has 0 saturated heterocycles. The van der Waals surface area contributed by atoms with Gasteiger partial charge in [0.1, 0.15) is 0 Å². The van der Waals surface area contributed by atoms with E-state index in [1.54, 1.807) is 11.8 Å². The minimum atomic E-state index is 0.753. The molecule has 0 bridgehead atoms. The van der Waals surface area contributed by atoms with Crippen LogP contribution in [-0.2, 0) is 19.2 Å². The first-order valence-electron chi connectivity index (χ1n) is 5.91. The summed E-state index contributed by atoms with van der Waals surface area (Å²) in [6.07, 6.45) is 0.850. The maximum atomic E-state index is 6.33. The molecule has 6 heteroatoms. The molecule has 102 valence electrons. The Balaban J connectivity index is 2.16. The van der Waals surface area contributed by atoms with Gasteiger partial charge >= 0.3 is 0 Å². The topological polar surface area (TPSA) is 43.8 Å². The van der Waals surface area contributed by atoms with E-state index in [0.29, 0.717) is 0 Å². The van der Waals surface area contributed by atoms with Gasteiger partial charge in [0.25, 0.3) is 0 Å². The summed E-state index contributed by atoms with van der Waals surface area (Å²) in [6, 6.07) is 5.81. The molecule has 0 saturated carbocycles. The molecule has 0 unspecified atom stereocenters. The Morgan fingerprint density at radius 3 is 2.79 bits per heavy atom. The van der Waals surface area contributed by atoms with Gasteiger partial charge in [-0.1, -0.05) is 18.5 Å². The van der Waals surface area contributed by atoms with Crippen molar-refractivity contribution in [1.82, 2.24) is 9.78 Å². The second kappa shape index (κ2) is 6.20. The summed E-state index contributed by atoms with van der Waals surface area (Å²) in [6.45, 7) is 2.06. The molecule has 0 fully saturated rings. The normalized spacial score (nSPS) is 10.9. The highest BCUT2D eigenvalue weighted by Gasteiger charge is 2.13. The van der Waals surface area contributed by atoms with E-state index < -0.39 is 0 Å². The number of halogens is 2. The van der Waals surface area contributed by atoms with E-state index in [1.165, 1.54) is 0 Å². The van der Waals surface area contributed by atoms with Crippen molar-refractivity contribution in [3.8, 4) is 0 Å². The smallest absolute Gasteiger partial charge is 0.0858 e. The first-order valence-corrected chi connectivity index (χ1v) is 8.06. The number of nitrogens with zero attached hydrogens (tertiary/aromatic N) is 2. The lowest BCUT2D eigenvalue weighted by Gasteiger charge is -2.06. The van der Waals surface area contributed by atoms with Crippen LogP contribution in [0.2, 0.25) is 5.02 Å². The highest BCUT2D eigenvalue weighted by molar-refractivity contribution is 9.10. The van der Waals surface area contributed by atoms with Gasteiger partial charge in [0.2, 0.25) is 0 Å². The van der Waals surface area contributed by atoms with Gasteiger partial charge in [0.15, 0.2) is 0 Å². The molecule has 0 atom stereocenters. The van der Waals surface area contributed by atoms with Gasteiger partial charge in [0, 0.05) is 27.9 Å². The van der Waals surface area contributed by atoms with Crippen LogP contribution < -0.4 is 5.73 Å². The molecule has 2 N–H and O–H groups in total. The van der Waals surface area contributed by atoms with Gasteiger partial charge in [-0.25, -0.2) is 0 Å². The summed E-state index contributed by atoms with van der Waals surface area (Å²) in [5.74, 6) is 0.783. The molecule has 2 aromatic rings. The maximum absolute atomic E-state index is 6.33. The third kappa shape index (κ3) is 3.27. The van der Waals surface area contributed by atoms with Crippen molar-refractivity contribution in [3.05, 3.63) is 39.1 Å². The molecule has 1 aromatic carbocycles. The molecule has 0 aliphatic rings. The SMILES string of the molecule is CCc1nn(C)c(CSc2ccc(N)cc2Br)c1Cl. The number of benzene rings is 1. The van der Waals surface area contributed by atoms with E-state index in [0.717, 1.165) is 43.6 Å². The van der Waals surface area contributed by atoms with Crippen molar-refractivity contribution < 1.29 is 0 Å². The number of thioether (sulfide) groups is 1. The van der Waals surface area contributed by atoms with Gasteiger partial charge in [-0.15, -0.1) is 11.8 Å². The summed E-state index contributed by atoms with van der Waals surface area (Å²) in [5, 5.41) is 5.20. The van der Waals surface area contributed by atoms with Crippen LogP contribution in [0, 0.1) is 0 Å². The first-order chi connectivity index (χ1) is 9.02. The van der Waals surface area contributed by atoms with E-state index in [1.807, 2.05) is 29.9 Å². The van der Waals surface area contributed by atoms with Crippen molar-refractivity contribution in [2.24, 2.45) is 7.05 Å². The largest absolute Gasteiger partial charge is 0.399 e. The summed E-state index contributed by atoms with van der Waals surface area (Å²) < 4.78 is 2.87. The van der Waals surface area contributed by atoms with E-state index >= 15 is 0 Å². The monoisotopic (exact) mass is 359 g/mol. The standard InChI is InChI=1S/C13H15BrClN3S/c1-3-10-13(15)11(18(2)17-10)7-19-12-5-4-8(16)6-9(12)14/h4-6H,3,7,16H2,1-2H3. The fourth-order valence-electron chi connectivity index (χ4n) is 1.76. The molecular formula is C13H15BrClN3S. The van der Waals surface area contributed by atoms with Gasteiger partial charge < -0.3 is 5.73 Å². The van der Waals surface area contributed by atoms with E-state index in [9.17, 15) is 0 Å². The molecule has 19 heavy (non-hydrogen) atoms. The third-order valence-electron chi connectivity index (χ3n) is 2.82. The number of nitrogens with two attached hydrogens (primary N) is 1. The second-order valence-corrected chi connectivity index (χ2v) is 6.41. The molecule has 0 aliphatic carbocycles. The molecule has 0 aliphatic heterocycles. The Morgan fingerprint density at radius 2 is 2.21 bits per heavy atom. The predicted octanol–water partition coefficient (Wildman–Crippen LogP) is 4.27. The van der Waals surface area contributed by atoms with Gasteiger partial charge in [-0.05, 0) is 40.5 Å². The van der Waals surface area contributed by atoms with E-state index in [2.05, 4.69) is 28.0 Å². The lowest BCUT2D eigenvalue weighted by molar-refractivity contribution is 0.720. The maximum Gasteiger partial charge on any atom is 0.0858 e. The Labute approximate surface area is 130 Å². The summed E-state index contributed by atoms with van der Waals surface area (Å²) >= 11 is 11.6. The fourth-order valence-corrected chi connectivity index (χ4v) is 3.92. The van der Waals surface area contributed by atoms with Crippen LogP contribution in [0.1, 0.15) is 18.3 Å². The molecule has 1 aromatic heterocycles. The Bertz CT molecular complexity index is 598. The predicted molar refractivity (Wildman–Crippen MR) is 85.7 cm³/mol. The second-order valence-electron chi connectivity index (χ2n) is 4.16. The van der Waals surface area contributed by atoms with Crippen molar-refractivity contribution in [1.29, 1.82) is 0 Å². The van der Waals surface area contributed by atoms with Crippen molar-refractivity contribution in [2.75, 3.05) is 5.73 Å². The van der Waals surface area contributed by atoms with Crippen LogP contribution in [-0.4, -0.2) is 9.78 Å². The lowest BCUT2D eigenvalue weighted by atomic mass is 10.3. The third-order valence-corrected chi connectivity index (χ3v) is 5.26. The zero-order valence-corrected chi connectivity index (χ0v) is 13.9. The van der Waals surface area contributed by atoms with Gasteiger partial charge in [-0.3, -0.25) is 4.68 Å². The number of rotatable bonds is 4. The van der Waals surface area contributed by atoms with Crippen molar-refractivity contribution in [3.63, 3.8) is 0 Å². The van der Waals surface area contributed by atoms with Crippen LogP contribution in [0.4, 0.5) is 5.69 Å². The average Bonchev–Trinajstić information content (AvgIpc) is 2.64. The summed E-state index contributed by atoms with van der Waals surface area (Å²) in [4.78, 5) is 1.14. The highest BCUT2D eigenvalue weighted by Crippen LogP contribution is 2.33. The molecule has 0 amide bonds. The molecule has 2 rings (SSSR count). The minimum Gasteiger partial charge on any atom is -0.399 e. The van der Waals surface area contributed by atoms with Crippen molar-refractivity contribution in [2.45, 2.75) is 24.0 Å². The van der Waals surface area contributed by atoms with Crippen LogP contribution >= 0.6 is 39.3 Å².